The number of aromatic nitrogens is 2. The molecule has 0 fully saturated rings. The monoisotopic (exact) mass is 342 g/mol. The van der Waals surface area contributed by atoms with Crippen LogP contribution >= 0.6 is 0 Å². The molecule has 1 atom stereocenters. The molecule has 0 saturated heterocycles. The molecule has 1 aromatic carbocycles. The van der Waals surface area contributed by atoms with Crippen LogP contribution in [-0.2, 0) is 0 Å². The van der Waals surface area contributed by atoms with Gasteiger partial charge in [0, 0.05) is 5.56 Å². The Bertz CT molecular complexity index is 596. The van der Waals surface area contributed by atoms with Gasteiger partial charge in [0.2, 0.25) is 5.88 Å². The molecular weight excluding hydrogens is 312 g/mol. The van der Waals surface area contributed by atoms with E-state index in [1.54, 1.807) is 12.4 Å². The van der Waals surface area contributed by atoms with Crippen LogP contribution < -0.4 is 9.47 Å². The molecule has 1 unspecified atom stereocenters. The summed E-state index contributed by atoms with van der Waals surface area (Å²) < 4.78 is 11.4. The van der Waals surface area contributed by atoms with Crippen molar-refractivity contribution in [2.24, 2.45) is 5.92 Å². The van der Waals surface area contributed by atoms with E-state index in [4.69, 9.17) is 9.47 Å². The minimum absolute atomic E-state index is 0.570. The highest BCUT2D eigenvalue weighted by molar-refractivity contribution is 5.59. The normalized spacial score (nSPS) is 12.0. The summed E-state index contributed by atoms with van der Waals surface area (Å²) in [5.74, 6) is 2.05. The van der Waals surface area contributed by atoms with Gasteiger partial charge in [0.1, 0.15) is 5.75 Å². The SMILES string of the molecule is CCCCCCOc1cnc(-c2ccc(OCC(C)CC)cc2)cn1. The Hall–Kier alpha value is -2.10. The number of rotatable bonds is 11. The minimum atomic E-state index is 0.570. The molecule has 1 aromatic heterocycles. The summed E-state index contributed by atoms with van der Waals surface area (Å²) in [5, 5.41) is 0. The van der Waals surface area contributed by atoms with Gasteiger partial charge < -0.3 is 9.47 Å². The molecule has 0 saturated carbocycles. The highest BCUT2D eigenvalue weighted by atomic mass is 16.5. The maximum Gasteiger partial charge on any atom is 0.232 e. The fourth-order valence-electron chi connectivity index (χ4n) is 2.32. The Kier molecular flexibility index (Phi) is 8.23. The summed E-state index contributed by atoms with van der Waals surface area (Å²) in [6.45, 7) is 8.03. The van der Waals surface area contributed by atoms with Gasteiger partial charge in [-0.3, -0.25) is 0 Å². The average molecular weight is 342 g/mol. The number of unbranched alkanes of at least 4 members (excludes halogenated alkanes) is 3. The van der Waals surface area contributed by atoms with Gasteiger partial charge in [-0.05, 0) is 36.6 Å². The van der Waals surface area contributed by atoms with E-state index in [1.807, 2.05) is 24.3 Å². The molecule has 1 heterocycles. The third-order valence-corrected chi connectivity index (χ3v) is 4.26. The lowest BCUT2D eigenvalue weighted by atomic mass is 10.1. The minimum Gasteiger partial charge on any atom is -0.493 e. The molecule has 2 aromatic rings. The number of ether oxygens (including phenoxy) is 2. The number of nitrogens with zero attached hydrogens (tertiary/aromatic N) is 2. The van der Waals surface area contributed by atoms with Crippen molar-refractivity contribution >= 4 is 0 Å². The van der Waals surface area contributed by atoms with Gasteiger partial charge in [-0.1, -0.05) is 46.5 Å². The zero-order valence-electron chi connectivity index (χ0n) is 15.7. The molecule has 25 heavy (non-hydrogen) atoms. The quantitative estimate of drug-likeness (QED) is 0.504. The van der Waals surface area contributed by atoms with Crippen LogP contribution in [0.25, 0.3) is 11.3 Å². The molecule has 0 amide bonds. The van der Waals surface area contributed by atoms with E-state index in [2.05, 4.69) is 30.7 Å². The maximum atomic E-state index is 5.78. The number of benzene rings is 1. The van der Waals surface area contributed by atoms with Crippen molar-refractivity contribution in [3.05, 3.63) is 36.7 Å². The second-order valence-corrected chi connectivity index (χ2v) is 6.50. The van der Waals surface area contributed by atoms with Crippen LogP contribution in [0.15, 0.2) is 36.7 Å². The third kappa shape index (κ3) is 6.73. The first kappa shape index (κ1) is 19.2. The zero-order chi connectivity index (χ0) is 17.9. The molecule has 0 radical (unpaired) electrons. The van der Waals surface area contributed by atoms with Crippen molar-refractivity contribution in [2.45, 2.75) is 52.9 Å². The molecule has 0 aliphatic carbocycles. The van der Waals surface area contributed by atoms with E-state index in [0.29, 0.717) is 18.4 Å². The largest absolute Gasteiger partial charge is 0.493 e. The van der Waals surface area contributed by atoms with E-state index >= 15 is 0 Å². The Morgan fingerprint density at radius 3 is 2.36 bits per heavy atom. The van der Waals surface area contributed by atoms with Crippen LogP contribution in [0.4, 0.5) is 0 Å². The Labute approximate surface area is 151 Å². The van der Waals surface area contributed by atoms with Gasteiger partial charge >= 0.3 is 0 Å². The van der Waals surface area contributed by atoms with E-state index in [-0.39, 0.29) is 0 Å². The standard InChI is InChI=1S/C21H30N2O2/c1-4-6-7-8-13-24-21-15-22-20(14-23-21)18-9-11-19(12-10-18)25-16-17(3)5-2/h9-12,14-15,17H,4-8,13,16H2,1-3H3. The first-order valence-corrected chi connectivity index (χ1v) is 9.41. The fourth-order valence-corrected chi connectivity index (χ4v) is 2.32. The summed E-state index contributed by atoms with van der Waals surface area (Å²) >= 11 is 0. The van der Waals surface area contributed by atoms with Gasteiger partial charge in [0.05, 0.1) is 31.3 Å². The lowest BCUT2D eigenvalue weighted by molar-refractivity contribution is 0.256. The van der Waals surface area contributed by atoms with Crippen LogP contribution in [0.5, 0.6) is 11.6 Å². The summed E-state index contributed by atoms with van der Waals surface area (Å²) in [6.07, 6.45) is 9.34. The van der Waals surface area contributed by atoms with Crippen LogP contribution in [0, 0.1) is 5.92 Å². The topological polar surface area (TPSA) is 44.2 Å². The lowest BCUT2D eigenvalue weighted by Crippen LogP contribution is -2.07. The maximum absolute atomic E-state index is 5.78. The molecule has 0 bridgehead atoms. The molecule has 0 aliphatic heterocycles. The van der Waals surface area contributed by atoms with Crippen LogP contribution in [0.3, 0.4) is 0 Å². The second kappa shape index (κ2) is 10.7. The third-order valence-electron chi connectivity index (χ3n) is 4.26. The van der Waals surface area contributed by atoms with Gasteiger partial charge in [0.25, 0.3) is 0 Å². The van der Waals surface area contributed by atoms with Gasteiger partial charge in [-0.2, -0.15) is 0 Å². The molecule has 2 rings (SSSR count). The highest BCUT2D eigenvalue weighted by Crippen LogP contribution is 2.21. The van der Waals surface area contributed by atoms with Crippen LogP contribution in [0.2, 0.25) is 0 Å². The second-order valence-electron chi connectivity index (χ2n) is 6.50. The predicted octanol–water partition coefficient (Wildman–Crippen LogP) is 5.53. The molecule has 136 valence electrons. The van der Waals surface area contributed by atoms with Crippen molar-refractivity contribution in [1.82, 2.24) is 9.97 Å². The Morgan fingerprint density at radius 2 is 1.72 bits per heavy atom. The Morgan fingerprint density at radius 1 is 0.920 bits per heavy atom. The van der Waals surface area contributed by atoms with E-state index in [9.17, 15) is 0 Å². The lowest BCUT2D eigenvalue weighted by Gasteiger charge is -2.11. The van der Waals surface area contributed by atoms with Gasteiger partial charge in [0.15, 0.2) is 0 Å². The molecule has 4 nitrogen and oxygen atoms in total. The van der Waals surface area contributed by atoms with Crippen molar-refractivity contribution in [3.8, 4) is 22.9 Å². The highest BCUT2D eigenvalue weighted by Gasteiger charge is 2.04. The van der Waals surface area contributed by atoms with Crippen LogP contribution in [0.1, 0.15) is 52.9 Å². The first-order valence-electron chi connectivity index (χ1n) is 9.41. The first-order chi connectivity index (χ1) is 12.2. The smallest absolute Gasteiger partial charge is 0.232 e. The predicted molar refractivity (Wildman–Crippen MR) is 102 cm³/mol. The molecule has 0 aliphatic rings. The number of hydrogen-bond donors (Lipinski definition) is 0. The van der Waals surface area contributed by atoms with E-state index < -0.39 is 0 Å². The molecule has 0 spiro atoms. The summed E-state index contributed by atoms with van der Waals surface area (Å²) in [7, 11) is 0. The number of hydrogen-bond acceptors (Lipinski definition) is 4. The fraction of sp³-hybridized carbons (Fsp3) is 0.524. The Balaban J connectivity index is 1.84. The summed E-state index contributed by atoms with van der Waals surface area (Å²) in [6, 6.07) is 8.00. The van der Waals surface area contributed by atoms with E-state index in [0.717, 1.165) is 36.5 Å². The average Bonchev–Trinajstić information content (AvgIpc) is 2.67. The van der Waals surface area contributed by atoms with Crippen molar-refractivity contribution in [1.29, 1.82) is 0 Å². The van der Waals surface area contributed by atoms with Crippen LogP contribution in [-0.4, -0.2) is 23.2 Å². The van der Waals surface area contributed by atoms with Crippen molar-refractivity contribution in [3.63, 3.8) is 0 Å². The zero-order valence-corrected chi connectivity index (χ0v) is 15.7. The van der Waals surface area contributed by atoms with E-state index in [1.165, 1.54) is 19.3 Å². The summed E-state index contributed by atoms with van der Waals surface area (Å²) in [4.78, 5) is 8.80. The molecule has 4 heteroatoms. The van der Waals surface area contributed by atoms with Gasteiger partial charge in [-0.15, -0.1) is 0 Å². The van der Waals surface area contributed by atoms with Crippen molar-refractivity contribution < 1.29 is 9.47 Å². The molecule has 0 N–H and O–H groups in total. The van der Waals surface area contributed by atoms with Crippen molar-refractivity contribution in [2.75, 3.05) is 13.2 Å². The molecular formula is C21H30N2O2. The summed E-state index contributed by atoms with van der Waals surface area (Å²) in [5.41, 5.74) is 1.87. The van der Waals surface area contributed by atoms with Gasteiger partial charge in [-0.25, -0.2) is 9.97 Å².